The Labute approximate surface area is 313 Å². The van der Waals surface area contributed by atoms with Crippen LogP contribution < -0.4 is 41.5 Å². The lowest BCUT2D eigenvalue weighted by Crippen LogP contribution is -3.03. The van der Waals surface area contributed by atoms with Gasteiger partial charge in [-0.2, -0.15) is 0 Å². The molecule has 0 atom stereocenters. The molecular formula is C48H40Si4. The van der Waals surface area contributed by atoms with Gasteiger partial charge in [0.1, 0.15) is 21.8 Å². The summed E-state index contributed by atoms with van der Waals surface area (Å²) in [5, 5.41) is 11.8. The van der Waals surface area contributed by atoms with E-state index >= 15 is 0 Å². The van der Waals surface area contributed by atoms with E-state index in [-0.39, 0.29) is 0 Å². The molecule has 0 heterocycles. The van der Waals surface area contributed by atoms with Crippen molar-refractivity contribution in [2.24, 2.45) is 0 Å². The fourth-order valence-corrected chi connectivity index (χ4v) is 67.1. The van der Waals surface area contributed by atoms with Gasteiger partial charge in [0, 0.05) is 0 Å². The lowest BCUT2D eigenvalue weighted by molar-refractivity contribution is 1.68. The third kappa shape index (κ3) is 5.56. The van der Waals surface area contributed by atoms with Crippen molar-refractivity contribution in [1.29, 1.82) is 0 Å². The zero-order valence-electron chi connectivity index (χ0n) is 29.1. The van der Waals surface area contributed by atoms with Gasteiger partial charge >= 0.3 is 0 Å². The van der Waals surface area contributed by atoms with Gasteiger partial charge in [0.25, 0.3) is 0 Å². The summed E-state index contributed by atoms with van der Waals surface area (Å²) in [5.74, 6) is 0. The van der Waals surface area contributed by atoms with Crippen LogP contribution in [0.4, 0.5) is 0 Å². The van der Waals surface area contributed by atoms with Gasteiger partial charge in [-0.25, -0.2) is 0 Å². The second-order valence-electron chi connectivity index (χ2n) is 13.3. The van der Waals surface area contributed by atoms with Crippen LogP contribution in [0.5, 0.6) is 0 Å². The van der Waals surface area contributed by atoms with Crippen molar-refractivity contribution < 1.29 is 0 Å². The molecule has 8 rings (SSSR count). The SMILES string of the molecule is c1ccc([Si][Si](c2ccccc2)(c2ccccc2)[Si](c2ccccc2)(c2ccccc2)[Si](c2ccccc2)(c2ccccc2)c2ccccc2)cc1. The van der Waals surface area contributed by atoms with Crippen LogP contribution in [0, 0.1) is 0 Å². The molecule has 0 amide bonds. The molecule has 0 bridgehead atoms. The summed E-state index contributed by atoms with van der Waals surface area (Å²) in [6.07, 6.45) is 0. The van der Waals surface area contributed by atoms with Gasteiger partial charge in [0.15, 0.2) is 0 Å². The van der Waals surface area contributed by atoms with Crippen molar-refractivity contribution in [3.8, 4) is 0 Å². The van der Waals surface area contributed by atoms with Gasteiger partial charge in [0.2, 0.25) is 0 Å². The molecule has 4 heteroatoms. The van der Waals surface area contributed by atoms with Gasteiger partial charge in [-0.3, -0.25) is 0 Å². The Balaban J connectivity index is 1.75. The van der Waals surface area contributed by atoms with E-state index in [2.05, 4.69) is 243 Å². The highest BCUT2D eigenvalue weighted by Crippen LogP contribution is 2.31. The fourth-order valence-electron chi connectivity index (χ4n) is 8.86. The maximum absolute atomic E-state index is 3.20. The van der Waals surface area contributed by atoms with Gasteiger partial charge in [-0.15, -0.1) is 0 Å². The number of hydrogen-bond acceptors (Lipinski definition) is 0. The first kappa shape index (κ1) is 33.8. The van der Waals surface area contributed by atoms with Crippen LogP contribution in [-0.2, 0) is 0 Å². The topological polar surface area (TPSA) is 0 Å². The maximum atomic E-state index is 2.51. The Morgan fingerprint density at radius 2 is 0.462 bits per heavy atom. The minimum atomic E-state index is -3.20. The summed E-state index contributed by atoms with van der Waals surface area (Å²) in [7, 11) is -8.77. The van der Waals surface area contributed by atoms with Crippen LogP contribution in [0.25, 0.3) is 0 Å². The summed E-state index contributed by atoms with van der Waals surface area (Å²) < 4.78 is 0. The Hall–Kier alpha value is -5.37. The van der Waals surface area contributed by atoms with Gasteiger partial charge < -0.3 is 0 Å². The predicted octanol–water partition coefficient (Wildman–Crippen LogP) is 5.37. The number of hydrogen-bond donors (Lipinski definition) is 0. The molecule has 0 aromatic heterocycles. The first-order valence-electron chi connectivity index (χ1n) is 18.0. The van der Waals surface area contributed by atoms with Crippen molar-refractivity contribution >= 4 is 72.3 Å². The molecule has 0 fully saturated rings. The lowest BCUT2D eigenvalue weighted by Gasteiger charge is -2.59. The maximum Gasteiger partial charge on any atom is 0.147 e. The molecule has 0 unspecified atom stereocenters. The molecule has 0 nitrogen and oxygen atoms in total. The minimum Gasteiger partial charge on any atom is -0.0666 e. The quantitative estimate of drug-likeness (QED) is 0.124. The number of benzene rings is 8. The first-order valence-corrected chi connectivity index (χ1v) is 28.0. The molecule has 0 aliphatic carbocycles. The van der Waals surface area contributed by atoms with E-state index in [0.717, 1.165) is 0 Å². The Morgan fingerprint density at radius 1 is 0.231 bits per heavy atom. The molecule has 0 aliphatic heterocycles. The van der Waals surface area contributed by atoms with Crippen molar-refractivity contribution in [1.82, 2.24) is 0 Å². The van der Waals surface area contributed by atoms with Gasteiger partial charge in [-0.1, -0.05) is 284 Å². The molecule has 2 radical (unpaired) electrons. The molecule has 0 saturated carbocycles. The monoisotopic (exact) mass is 728 g/mol. The Morgan fingerprint density at radius 3 is 0.750 bits per heavy atom. The first-order chi connectivity index (χ1) is 25.8. The summed E-state index contributed by atoms with van der Waals surface area (Å²) in [6, 6.07) is 93.7. The smallest absolute Gasteiger partial charge is 0.0666 e. The second kappa shape index (κ2) is 15.1. The Bertz CT molecular complexity index is 2110. The Kier molecular flexibility index (Phi) is 9.79. The highest BCUT2D eigenvalue weighted by atomic mass is 29.8. The van der Waals surface area contributed by atoms with E-state index in [1.54, 1.807) is 0 Å². The van der Waals surface area contributed by atoms with Crippen molar-refractivity contribution in [3.05, 3.63) is 243 Å². The molecule has 52 heavy (non-hydrogen) atoms. The van der Waals surface area contributed by atoms with E-state index in [0.29, 0.717) is 9.04 Å². The number of rotatable bonds is 11. The van der Waals surface area contributed by atoms with Crippen LogP contribution in [0.3, 0.4) is 0 Å². The van der Waals surface area contributed by atoms with E-state index in [4.69, 9.17) is 0 Å². The largest absolute Gasteiger partial charge is 0.147 e. The van der Waals surface area contributed by atoms with Gasteiger partial charge in [0.05, 0.1) is 9.04 Å². The van der Waals surface area contributed by atoms with Crippen molar-refractivity contribution in [2.45, 2.75) is 0 Å². The molecular weight excluding hydrogens is 689 g/mol. The minimum absolute atomic E-state index is 0.567. The molecule has 248 valence electrons. The average molecular weight is 729 g/mol. The summed E-state index contributed by atoms with van der Waals surface area (Å²) in [4.78, 5) is 0. The molecule has 8 aromatic rings. The van der Waals surface area contributed by atoms with Gasteiger partial charge in [-0.05, 0) is 0 Å². The van der Waals surface area contributed by atoms with Crippen LogP contribution in [0.15, 0.2) is 243 Å². The van der Waals surface area contributed by atoms with Crippen molar-refractivity contribution in [3.63, 3.8) is 0 Å². The third-order valence-corrected chi connectivity index (χ3v) is 54.1. The highest BCUT2D eigenvalue weighted by molar-refractivity contribution is 7.95. The third-order valence-electron chi connectivity index (χ3n) is 10.7. The summed E-state index contributed by atoms with van der Waals surface area (Å²) >= 11 is 0. The average Bonchev–Trinajstić information content (AvgIpc) is 3.25. The van der Waals surface area contributed by atoms with Crippen LogP contribution in [-0.4, -0.2) is 30.8 Å². The highest BCUT2D eigenvalue weighted by Gasteiger charge is 2.71. The molecule has 8 aromatic carbocycles. The van der Waals surface area contributed by atoms with Crippen LogP contribution in [0.1, 0.15) is 0 Å². The zero-order valence-corrected chi connectivity index (χ0v) is 33.1. The van der Waals surface area contributed by atoms with E-state index in [1.165, 1.54) is 41.5 Å². The van der Waals surface area contributed by atoms with E-state index < -0.39 is 21.8 Å². The second-order valence-corrected chi connectivity index (χ2v) is 37.7. The fraction of sp³-hybridized carbons (Fsp3) is 0. The predicted molar refractivity (Wildman–Crippen MR) is 232 cm³/mol. The van der Waals surface area contributed by atoms with E-state index in [9.17, 15) is 0 Å². The summed E-state index contributed by atoms with van der Waals surface area (Å²) in [5.41, 5.74) is 0. The normalized spacial score (nSPS) is 11.9. The molecule has 0 aliphatic rings. The lowest BCUT2D eigenvalue weighted by atomic mass is 10.3. The van der Waals surface area contributed by atoms with Crippen molar-refractivity contribution in [2.75, 3.05) is 0 Å². The summed E-state index contributed by atoms with van der Waals surface area (Å²) in [6.45, 7) is 0. The molecule has 0 saturated heterocycles. The standard InChI is InChI=1S/C48H40Si4/c1-9-25-41(26-10-1)49-51(45-33-17-5-18-34-45,46-35-19-6-20-36-46)52(47-37-21-7-22-38-47,48-39-23-8-24-40-48)50(42-27-11-2-12-28-42,43-29-13-3-14-30-43)44-31-15-4-16-32-44/h1-40H. The zero-order chi connectivity index (χ0) is 35.1. The van der Waals surface area contributed by atoms with Crippen LogP contribution >= 0.6 is 0 Å². The van der Waals surface area contributed by atoms with Crippen LogP contribution in [0.2, 0.25) is 0 Å². The molecule has 0 N–H and O–H groups in total. The molecule has 0 spiro atoms. The van der Waals surface area contributed by atoms with E-state index in [1.807, 2.05) is 0 Å².